The lowest BCUT2D eigenvalue weighted by Crippen LogP contribution is -2.15. The molecule has 0 fully saturated rings. The number of hydrogen-bond donors (Lipinski definition) is 1. The predicted molar refractivity (Wildman–Crippen MR) is 72.7 cm³/mol. The highest BCUT2D eigenvalue weighted by Gasteiger charge is 2.08. The van der Waals surface area contributed by atoms with Crippen molar-refractivity contribution in [3.8, 4) is 0 Å². The summed E-state index contributed by atoms with van der Waals surface area (Å²) >= 11 is 5.94. The molecule has 2 aromatic rings. The van der Waals surface area contributed by atoms with Crippen LogP contribution in [-0.4, -0.2) is 37.2 Å². The van der Waals surface area contributed by atoms with Crippen LogP contribution in [0.25, 0.3) is 10.8 Å². The van der Waals surface area contributed by atoms with Crippen LogP contribution in [0.3, 0.4) is 0 Å². The third-order valence-corrected chi connectivity index (χ3v) is 3.63. The summed E-state index contributed by atoms with van der Waals surface area (Å²) < 4.78 is 22.1. The molecule has 18 heavy (non-hydrogen) atoms. The number of nitrogens with zero attached hydrogens (tertiary/aromatic N) is 2. The second kappa shape index (κ2) is 5.07. The van der Waals surface area contributed by atoms with Crippen molar-refractivity contribution in [2.24, 2.45) is 0 Å². The van der Waals surface area contributed by atoms with Crippen molar-refractivity contribution in [1.29, 1.82) is 0 Å². The summed E-state index contributed by atoms with van der Waals surface area (Å²) in [5, 5.41) is 12.7. The smallest absolute Gasteiger partial charge is 0.159 e. The Kier molecular flexibility index (Phi) is 3.68. The molecule has 1 aromatic heterocycles. The molecule has 0 atom stereocenters. The molecule has 96 valence electrons. The standard InChI is InChI=1S/C11H12ClN3O2S/c1-18(16,17)7-6-13-11-9-5-3-2-4-8(9)10(12)14-15-11/h2-5H,6-7H2,1H3,(H,13,15). The fourth-order valence-electron chi connectivity index (χ4n) is 1.56. The van der Waals surface area contributed by atoms with Crippen molar-refractivity contribution in [1.82, 2.24) is 10.2 Å². The largest absolute Gasteiger partial charge is 0.367 e. The summed E-state index contributed by atoms with van der Waals surface area (Å²) in [6.45, 7) is 0.291. The minimum Gasteiger partial charge on any atom is -0.367 e. The zero-order chi connectivity index (χ0) is 13.2. The van der Waals surface area contributed by atoms with E-state index in [1.807, 2.05) is 24.3 Å². The Morgan fingerprint density at radius 2 is 1.89 bits per heavy atom. The number of halogens is 1. The van der Waals surface area contributed by atoms with Crippen LogP contribution in [0.15, 0.2) is 24.3 Å². The normalized spacial score (nSPS) is 11.7. The summed E-state index contributed by atoms with van der Waals surface area (Å²) in [4.78, 5) is 0. The minimum absolute atomic E-state index is 0.0473. The van der Waals surface area contributed by atoms with Crippen molar-refractivity contribution in [3.05, 3.63) is 29.4 Å². The van der Waals surface area contributed by atoms with E-state index in [1.165, 1.54) is 6.26 Å². The number of fused-ring (bicyclic) bond motifs is 1. The molecule has 0 aliphatic carbocycles. The van der Waals surface area contributed by atoms with Gasteiger partial charge in [-0.1, -0.05) is 35.9 Å². The van der Waals surface area contributed by atoms with E-state index in [1.54, 1.807) is 0 Å². The lowest BCUT2D eigenvalue weighted by molar-refractivity contribution is 0.602. The fourth-order valence-corrected chi connectivity index (χ4v) is 2.23. The number of sulfone groups is 1. The molecule has 0 amide bonds. The Bertz CT molecular complexity index is 673. The molecule has 5 nitrogen and oxygen atoms in total. The van der Waals surface area contributed by atoms with Crippen molar-refractivity contribution >= 4 is 38.0 Å². The fraction of sp³-hybridized carbons (Fsp3) is 0.273. The summed E-state index contributed by atoms with van der Waals surface area (Å²) in [7, 11) is -2.99. The Labute approximate surface area is 110 Å². The maximum absolute atomic E-state index is 11.0. The highest BCUT2D eigenvalue weighted by Crippen LogP contribution is 2.25. The first kappa shape index (κ1) is 13.0. The zero-order valence-electron chi connectivity index (χ0n) is 9.72. The molecule has 0 bridgehead atoms. The molecule has 0 aliphatic heterocycles. The van der Waals surface area contributed by atoms with E-state index in [0.29, 0.717) is 17.5 Å². The van der Waals surface area contributed by atoms with Crippen molar-refractivity contribution < 1.29 is 8.42 Å². The Morgan fingerprint density at radius 3 is 2.56 bits per heavy atom. The van der Waals surface area contributed by atoms with E-state index in [0.717, 1.165) is 10.8 Å². The van der Waals surface area contributed by atoms with Gasteiger partial charge in [-0.2, -0.15) is 0 Å². The van der Waals surface area contributed by atoms with Gasteiger partial charge in [0.15, 0.2) is 11.0 Å². The van der Waals surface area contributed by atoms with Crippen LogP contribution in [0.1, 0.15) is 0 Å². The zero-order valence-corrected chi connectivity index (χ0v) is 11.3. The van der Waals surface area contributed by atoms with E-state index in [-0.39, 0.29) is 5.75 Å². The predicted octanol–water partition coefficient (Wildman–Crippen LogP) is 1.74. The number of benzene rings is 1. The van der Waals surface area contributed by atoms with Crippen molar-refractivity contribution in [2.45, 2.75) is 0 Å². The van der Waals surface area contributed by atoms with Gasteiger partial charge in [0.2, 0.25) is 0 Å². The second-order valence-corrected chi connectivity index (χ2v) is 6.56. The van der Waals surface area contributed by atoms with Gasteiger partial charge < -0.3 is 5.32 Å². The number of aromatic nitrogens is 2. The quantitative estimate of drug-likeness (QED) is 0.926. The Balaban J connectivity index is 2.26. The average Bonchev–Trinajstić information content (AvgIpc) is 2.31. The SMILES string of the molecule is CS(=O)(=O)CCNc1nnc(Cl)c2ccccc12. The van der Waals surface area contributed by atoms with Gasteiger partial charge in [0.1, 0.15) is 9.84 Å². The lowest BCUT2D eigenvalue weighted by atomic mass is 10.2. The first-order valence-electron chi connectivity index (χ1n) is 5.30. The van der Waals surface area contributed by atoms with Crippen LogP contribution < -0.4 is 5.32 Å². The van der Waals surface area contributed by atoms with Gasteiger partial charge >= 0.3 is 0 Å². The Hall–Kier alpha value is -1.40. The molecule has 1 aromatic carbocycles. The van der Waals surface area contributed by atoms with E-state index < -0.39 is 9.84 Å². The molecule has 1 heterocycles. The summed E-state index contributed by atoms with van der Waals surface area (Å²) in [6.07, 6.45) is 1.19. The Morgan fingerprint density at radius 1 is 1.22 bits per heavy atom. The maximum atomic E-state index is 11.0. The van der Waals surface area contributed by atoms with Crippen LogP contribution >= 0.6 is 11.6 Å². The summed E-state index contributed by atoms with van der Waals surface area (Å²) in [5.41, 5.74) is 0. The lowest BCUT2D eigenvalue weighted by Gasteiger charge is -2.07. The molecule has 2 rings (SSSR count). The van der Waals surface area contributed by atoms with Crippen LogP contribution in [0.4, 0.5) is 5.82 Å². The van der Waals surface area contributed by atoms with Crippen molar-refractivity contribution in [2.75, 3.05) is 23.9 Å². The van der Waals surface area contributed by atoms with Crippen LogP contribution in [0.5, 0.6) is 0 Å². The second-order valence-electron chi connectivity index (χ2n) is 3.94. The van der Waals surface area contributed by atoms with Crippen LogP contribution in [-0.2, 0) is 9.84 Å². The van der Waals surface area contributed by atoms with Gasteiger partial charge in [-0.3, -0.25) is 0 Å². The van der Waals surface area contributed by atoms with Gasteiger partial charge in [0.25, 0.3) is 0 Å². The number of hydrogen-bond acceptors (Lipinski definition) is 5. The summed E-state index contributed by atoms with van der Waals surface area (Å²) in [6, 6.07) is 7.42. The van der Waals surface area contributed by atoms with Crippen molar-refractivity contribution in [3.63, 3.8) is 0 Å². The van der Waals surface area contributed by atoms with Gasteiger partial charge in [0.05, 0.1) is 5.75 Å². The molecule has 1 N–H and O–H groups in total. The molecule has 7 heteroatoms. The summed E-state index contributed by atoms with van der Waals surface area (Å²) in [5.74, 6) is 0.588. The van der Waals surface area contributed by atoms with Gasteiger partial charge in [-0.15, -0.1) is 10.2 Å². The molecule has 0 spiro atoms. The molecular weight excluding hydrogens is 274 g/mol. The number of nitrogens with one attached hydrogen (secondary N) is 1. The highest BCUT2D eigenvalue weighted by atomic mass is 35.5. The van der Waals surface area contributed by atoms with Crippen LogP contribution in [0.2, 0.25) is 5.15 Å². The molecular formula is C11H12ClN3O2S. The third kappa shape index (κ3) is 3.08. The highest BCUT2D eigenvalue weighted by molar-refractivity contribution is 7.90. The molecule has 0 radical (unpaired) electrons. The van der Waals surface area contributed by atoms with Crippen LogP contribution in [0, 0.1) is 0 Å². The third-order valence-electron chi connectivity index (χ3n) is 2.41. The van der Waals surface area contributed by atoms with E-state index in [9.17, 15) is 8.42 Å². The topological polar surface area (TPSA) is 72.0 Å². The maximum Gasteiger partial charge on any atom is 0.159 e. The van der Waals surface area contributed by atoms with Gasteiger partial charge in [-0.25, -0.2) is 8.42 Å². The van der Waals surface area contributed by atoms with Gasteiger partial charge in [-0.05, 0) is 0 Å². The average molecular weight is 286 g/mol. The number of anilines is 1. The van der Waals surface area contributed by atoms with Gasteiger partial charge in [0, 0.05) is 23.6 Å². The molecule has 0 unspecified atom stereocenters. The first-order valence-corrected chi connectivity index (χ1v) is 7.74. The monoisotopic (exact) mass is 285 g/mol. The molecule has 0 saturated heterocycles. The number of rotatable bonds is 4. The van der Waals surface area contributed by atoms with E-state index in [2.05, 4.69) is 15.5 Å². The minimum atomic E-state index is -2.99. The van der Waals surface area contributed by atoms with E-state index >= 15 is 0 Å². The molecule has 0 saturated carbocycles. The first-order chi connectivity index (χ1) is 8.47. The van der Waals surface area contributed by atoms with E-state index in [4.69, 9.17) is 11.6 Å². The molecule has 0 aliphatic rings.